The van der Waals surface area contributed by atoms with Crippen molar-refractivity contribution in [2.75, 3.05) is 13.2 Å². The third-order valence-electron chi connectivity index (χ3n) is 3.91. The van der Waals surface area contributed by atoms with E-state index >= 15 is 0 Å². The number of thiophene rings is 1. The van der Waals surface area contributed by atoms with E-state index in [1.54, 1.807) is 11.4 Å². The molecule has 2 unspecified atom stereocenters. The quantitative estimate of drug-likeness (QED) is 0.749. The average molecular weight is 283 g/mol. The summed E-state index contributed by atoms with van der Waals surface area (Å²) in [6.07, 6.45) is 4.80. The van der Waals surface area contributed by atoms with Crippen molar-refractivity contribution < 1.29 is 15.0 Å². The summed E-state index contributed by atoms with van der Waals surface area (Å²) in [7, 11) is 0. The highest BCUT2D eigenvalue weighted by Crippen LogP contribution is 2.29. The van der Waals surface area contributed by atoms with Gasteiger partial charge in [-0.05, 0) is 37.3 Å². The molecule has 0 aliphatic heterocycles. The molecule has 0 spiro atoms. The number of aromatic carboxylic acids is 1. The number of hydrogen-bond donors (Lipinski definition) is 3. The van der Waals surface area contributed by atoms with Crippen LogP contribution in [-0.4, -0.2) is 29.3 Å². The molecule has 2 rings (SSSR count). The van der Waals surface area contributed by atoms with E-state index in [0.717, 1.165) is 17.8 Å². The number of carboxylic acids is 1. The maximum absolute atomic E-state index is 10.8. The zero-order valence-corrected chi connectivity index (χ0v) is 11.8. The van der Waals surface area contributed by atoms with Gasteiger partial charge in [-0.2, -0.15) is 0 Å². The Kier molecular flexibility index (Phi) is 5.36. The van der Waals surface area contributed by atoms with Crippen LogP contribution in [-0.2, 0) is 6.54 Å². The van der Waals surface area contributed by atoms with Crippen LogP contribution in [0.1, 0.15) is 40.9 Å². The summed E-state index contributed by atoms with van der Waals surface area (Å²) in [6, 6.07) is 1.73. The highest BCUT2D eigenvalue weighted by molar-refractivity contribution is 7.10. The van der Waals surface area contributed by atoms with Crippen molar-refractivity contribution in [3.63, 3.8) is 0 Å². The number of hydrogen-bond acceptors (Lipinski definition) is 4. The fraction of sp³-hybridized carbons (Fsp3) is 0.643. The van der Waals surface area contributed by atoms with Gasteiger partial charge in [-0.1, -0.05) is 12.8 Å². The normalized spacial score (nSPS) is 23.4. The van der Waals surface area contributed by atoms with Gasteiger partial charge in [0.05, 0.1) is 5.56 Å². The highest BCUT2D eigenvalue weighted by Gasteiger charge is 2.23. The number of nitrogens with one attached hydrogen (secondary N) is 1. The molecule has 3 N–H and O–H groups in total. The van der Waals surface area contributed by atoms with E-state index in [-0.39, 0.29) is 6.61 Å². The maximum Gasteiger partial charge on any atom is 0.336 e. The van der Waals surface area contributed by atoms with Crippen molar-refractivity contribution in [2.45, 2.75) is 32.2 Å². The first-order valence-electron chi connectivity index (χ1n) is 6.83. The van der Waals surface area contributed by atoms with E-state index in [9.17, 15) is 9.90 Å². The van der Waals surface area contributed by atoms with E-state index in [1.807, 2.05) is 0 Å². The molecule has 0 amide bonds. The number of carboxylic acid groups (broad SMARTS) is 1. The van der Waals surface area contributed by atoms with Crippen LogP contribution in [0.2, 0.25) is 0 Å². The molecule has 1 aromatic heterocycles. The minimum absolute atomic E-state index is 0.286. The summed E-state index contributed by atoms with van der Waals surface area (Å²) in [6.45, 7) is 1.91. The lowest BCUT2D eigenvalue weighted by Crippen LogP contribution is -2.32. The molecule has 0 aromatic carbocycles. The van der Waals surface area contributed by atoms with Gasteiger partial charge in [0.2, 0.25) is 0 Å². The van der Waals surface area contributed by atoms with Gasteiger partial charge in [-0.25, -0.2) is 4.79 Å². The van der Waals surface area contributed by atoms with Crippen LogP contribution >= 0.6 is 11.3 Å². The molecule has 1 saturated carbocycles. The lowest BCUT2D eigenvalue weighted by molar-refractivity contribution is 0.0697. The predicted molar refractivity (Wildman–Crippen MR) is 75.5 cm³/mol. The third-order valence-corrected chi connectivity index (χ3v) is 4.84. The van der Waals surface area contributed by atoms with Crippen molar-refractivity contribution >= 4 is 17.3 Å². The van der Waals surface area contributed by atoms with Gasteiger partial charge in [-0.15, -0.1) is 11.3 Å². The molecule has 1 aliphatic carbocycles. The summed E-state index contributed by atoms with van der Waals surface area (Å²) in [5.41, 5.74) is 0.368. The Bertz CT molecular complexity index is 419. The van der Waals surface area contributed by atoms with E-state index in [0.29, 0.717) is 23.9 Å². The lowest BCUT2D eigenvalue weighted by atomic mass is 9.79. The number of aliphatic hydroxyl groups is 1. The summed E-state index contributed by atoms with van der Waals surface area (Å²) in [5.74, 6) is 0.118. The molecule has 2 atom stereocenters. The zero-order valence-electron chi connectivity index (χ0n) is 11.0. The average Bonchev–Trinajstić information content (AvgIpc) is 2.88. The van der Waals surface area contributed by atoms with Crippen molar-refractivity contribution in [1.29, 1.82) is 0 Å². The fourth-order valence-corrected chi connectivity index (χ4v) is 3.59. The molecule has 19 heavy (non-hydrogen) atoms. The summed E-state index contributed by atoms with van der Waals surface area (Å²) in [4.78, 5) is 11.8. The molecule has 0 bridgehead atoms. The first-order chi connectivity index (χ1) is 9.20. The van der Waals surface area contributed by atoms with E-state index in [1.165, 1.54) is 30.6 Å². The summed E-state index contributed by atoms with van der Waals surface area (Å²) >= 11 is 1.48. The Morgan fingerprint density at radius 3 is 2.74 bits per heavy atom. The van der Waals surface area contributed by atoms with E-state index in [2.05, 4.69) is 5.32 Å². The molecule has 0 saturated heterocycles. The van der Waals surface area contributed by atoms with Gasteiger partial charge in [0, 0.05) is 23.4 Å². The summed E-state index contributed by atoms with van der Waals surface area (Å²) < 4.78 is 0. The van der Waals surface area contributed by atoms with Crippen LogP contribution in [0.3, 0.4) is 0 Å². The Labute approximate surface area is 117 Å². The largest absolute Gasteiger partial charge is 0.478 e. The van der Waals surface area contributed by atoms with Gasteiger partial charge in [0.15, 0.2) is 0 Å². The number of carbonyl (C=O) groups is 1. The fourth-order valence-electron chi connectivity index (χ4n) is 2.76. The topological polar surface area (TPSA) is 69.6 Å². The Morgan fingerprint density at radius 1 is 1.37 bits per heavy atom. The molecular weight excluding hydrogens is 262 g/mol. The van der Waals surface area contributed by atoms with Gasteiger partial charge in [-0.3, -0.25) is 0 Å². The zero-order chi connectivity index (χ0) is 13.7. The molecule has 0 radical (unpaired) electrons. The predicted octanol–water partition coefficient (Wildman–Crippen LogP) is 2.33. The van der Waals surface area contributed by atoms with E-state index in [4.69, 9.17) is 5.11 Å². The van der Waals surface area contributed by atoms with Crippen LogP contribution in [0, 0.1) is 11.8 Å². The monoisotopic (exact) mass is 283 g/mol. The van der Waals surface area contributed by atoms with Gasteiger partial charge >= 0.3 is 5.97 Å². The maximum atomic E-state index is 10.8. The second kappa shape index (κ2) is 7.03. The smallest absolute Gasteiger partial charge is 0.336 e. The minimum Gasteiger partial charge on any atom is -0.478 e. The van der Waals surface area contributed by atoms with Crippen LogP contribution in [0.5, 0.6) is 0 Å². The van der Waals surface area contributed by atoms with Crippen LogP contribution in [0.15, 0.2) is 11.4 Å². The number of rotatable bonds is 6. The molecule has 106 valence electrons. The van der Waals surface area contributed by atoms with E-state index < -0.39 is 5.97 Å². The van der Waals surface area contributed by atoms with Crippen molar-refractivity contribution in [1.82, 2.24) is 5.32 Å². The second-order valence-electron chi connectivity index (χ2n) is 5.22. The molecule has 1 aromatic rings. The molecular formula is C14H21NO3S. The van der Waals surface area contributed by atoms with Crippen LogP contribution < -0.4 is 5.32 Å². The number of aliphatic hydroxyl groups excluding tert-OH is 1. The van der Waals surface area contributed by atoms with Gasteiger partial charge in [0.25, 0.3) is 0 Å². The molecule has 1 aliphatic rings. The Morgan fingerprint density at radius 2 is 2.11 bits per heavy atom. The van der Waals surface area contributed by atoms with Crippen LogP contribution in [0.4, 0.5) is 0 Å². The SMILES string of the molecule is O=C(O)c1csc(CNCC2CCCCC2CO)c1. The molecule has 5 heteroatoms. The first kappa shape index (κ1) is 14.5. The highest BCUT2D eigenvalue weighted by atomic mass is 32.1. The Balaban J connectivity index is 1.77. The first-order valence-corrected chi connectivity index (χ1v) is 7.71. The molecule has 1 fully saturated rings. The van der Waals surface area contributed by atoms with Crippen LogP contribution in [0.25, 0.3) is 0 Å². The summed E-state index contributed by atoms with van der Waals surface area (Å²) in [5, 5.41) is 23.3. The standard InChI is InChI=1S/C14H21NO3S/c16-8-11-4-2-1-3-10(11)6-15-7-13-5-12(9-19-13)14(17)18/h5,9-11,15-16H,1-4,6-8H2,(H,17,18). The van der Waals surface area contributed by atoms with Crippen molar-refractivity contribution in [2.24, 2.45) is 11.8 Å². The van der Waals surface area contributed by atoms with Crippen molar-refractivity contribution in [3.05, 3.63) is 21.9 Å². The second-order valence-corrected chi connectivity index (χ2v) is 6.22. The minimum atomic E-state index is -0.866. The molecule has 4 nitrogen and oxygen atoms in total. The third kappa shape index (κ3) is 4.03. The van der Waals surface area contributed by atoms with Gasteiger partial charge < -0.3 is 15.5 Å². The molecule has 1 heterocycles. The van der Waals surface area contributed by atoms with Gasteiger partial charge in [0.1, 0.15) is 0 Å². The van der Waals surface area contributed by atoms with Crippen molar-refractivity contribution in [3.8, 4) is 0 Å². The lowest BCUT2D eigenvalue weighted by Gasteiger charge is -2.30. The Hall–Kier alpha value is -0.910.